The average molecular weight is 330 g/mol. The molecule has 1 amide bonds. The van der Waals surface area contributed by atoms with Gasteiger partial charge in [-0.2, -0.15) is 0 Å². The van der Waals surface area contributed by atoms with Crippen molar-refractivity contribution >= 4 is 11.9 Å². The van der Waals surface area contributed by atoms with E-state index < -0.39 is 0 Å². The molecule has 0 bridgehead atoms. The second-order valence-corrected chi connectivity index (χ2v) is 7.20. The topological polar surface area (TPSA) is 58.6 Å². The van der Waals surface area contributed by atoms with E-state index in [0.717, 1.165) is 43.5 Å². The smallest absolute Gasteiger partial charge is 0.225 e. The molecule has 0 radical (unpaired) electrons. The first-order valence-electron chi connectivity index (χ1n) is 9.25. The quantitative estimate of drug-likeness (QED) is 0.850. The minimum absolute atomic E-state index is 0.285. The van der Waals surface area contributed by atoms with Gasteiger partial charge >= 0.3 is 0 Å². The number of carbonyl (C=O) groups is 1. The van der Waals surface area contributed by atoms with Crippen LogP contribution in [0.25, 0.3) is 0 Å². The minimum atomic E-state index is 0.285. The fraction of sp³-hybridized carbons (Fsp3) is 0.722. The molecule has 4 rings (SSSR count). The van der Waals surface area contributed by atoms with Crippen molar-refractivity contribution in [3.8, 4) is 0 Å². The molecule has 0 N–H and O–H groups in total. The molecule has 0 spiro atoms. The van der Waals surface area contributed by atoms with Crippen LogP contribution in [0.4, 0.5) is 5.95 Å². The molecule has 2 fully saturated rings. The lowest BCUT2D eigenvalue weighted by molar-refractivity contribution is -0.133. The number of anilines is 1. The molecular formula is C18H26N4O2. The second kappa shape index (κ2) is 7.05. The van der Waals surface area contributed by atoms with Crippen LogP contribution in [-0.2, 0) is 22.6 Å². The highest BCUT2D eigenvalue weighted by Crippen LogP contribution is 2.29. The number of fused-ring (bicyclic) bond motifs is 1. The summed E-state index contributed by atoms with van der Waals surface area (Å²) in [6, 6.07) is 0. The van der Waals surface area contributed by atoms with E-state index in [1.54, 1.807) is 0 Å². The standard InChI is InChI=1S/C18H26N4O2/c23-17(10-14-4-2-1-3-5-14)22-12-15-11-19-18(20-16(15)13-22)21-6-8-24-9-7-21/h11,14H,1-10,12-13H2. The van der Waals surface area contributed by atoms with Crippen LogP contribution in [0, 0.1) is 5.92 Å². The van der Waals surface area contributed by atoms with Gasteiger partial charge in [0.05, 0.1) is 25.5 Å². The van der Waals surface area contributed by atoms with Gasteiger partial charge in [-0.15, -0.1) is 0 Å². The van der Waals surface area contributed by atoms with Crippen molar-refractivity contribution in [3.05, 3.63) is 17.5 Å². The Hall–Kier alpha value is -1.69. The van der Waals surface area contributed by atoms with Gasteiger partial charge in [0.2, 0.25) is 11.9 Å². The van der Waals surface area contributed by atoms with Gasteiger partial charge in [0.25, 0.3) is 0 Å². The lowest BCUT2D eigenvalue weighted by Crippen LogP contribution is -2.37. The van der Waals surface area contributed by atoms with Gasteiger partial charge in [-0.05, 0) is 18.8 Å². The van der Waals surface area contributed by atoms with Crippen molar-refractivity contribution < 1.29 is 9.53 Å². The normalized spacial score (nSPS) is 21.8. The van der Waals surface area contributed by atoms with E-state index in [1.807, 2.05) is 11.1 Å². The van der Waals surface area contributed by atoms with Gasteiger partial charge in [-0.1, -0.05) is 19.3 Å². The fourth-order valence-electron chi connectivity index (χ4n) is 4.00. The maximum absolute atomic E-state index is 12.6. The summed E-state index contributed by atoms with van der Waals surface area (Å²) in [6.07, 6.45) is 8.94. The summed E-state index contributed by atoms with van der Waals surface area (Å²) in [7, 11) is 0. The van der Waals surface area contributed by atoms with E-state index in [2.05, 4.69) is 9.88 Å². The summed E-state index contributed by atoms with van der Waals surface area (Å²) >= 11 is 0. The molecule has 1 saturated carbocycles. The zero-order valence-electron chi connectivity index (χ0n) is 14.2. The molecule has 0 aromatic carbocycles. The Balaban J connectivity index is 1.39. The molecule has 3 aliphatic rings. The van der Waals surface area contributed by atoms with Crippen LogP contribution in [0.5, 0.6) is 0 Å². The molecule has 0 atom stereocenters. The van der Waals surface area contributed by atoms with E-state index in [1.165, 1.54) is 32.1 Å². The maximum atomic E-state index is 12.6. The van der Waals surface area contributed by atoms with Crippen LogP contribution in [0.15, 0.2) is 6.20 Å². The molecule has 1 aromatic rings. The highest BCUT2D eigenvalue weighted by molar-refractivity contribution is 5.77. The second-order valence-electron chi connectivity index (χ2n) is 7.20. The zero-order valence-corrected chi connectivity index (χ0v) is 14.2. The van der Waals surface area contributed by atoms with Crippen molar-refractivity contribution in [2.45, 2.75) is 51.6 Å². The van der Waals surface area contributed by atoms with Crippen LogP contribution in [0.1, 0.15) is 49.8 Å². The average Bonchev–Trinajstić information content (AvgIpc) is 3.07. The van der Waals surface area contributed by atoms with Crippen molar-refractivity contribution in [1.29, 1.82) is 0 Å². The van der Waals surface area contributed by atoms with E-state index >= 15 is 0 Å². The number of aromatic nitrogens is 2. The third kappa shape index (κ3) is 3.38. The number of hydrogen-bond acceptors (Lipinski definition) is 5. The summed E-state index contributed by atoms with van der Waals surface area (Å²) in [5.41, 5.74) is 2.12. The lowest BCUT2D eigenvalue weighted by atomic mass is 9.87. The minimum Gasteiger partial charge on any atom is -0.378 e. The molecule has 3 heterocycles. The van der Waals surface area contributed by atoms with Crippen molar-refractivity contribution in [3.63, 3.8) is 0 Å². The summed E-state index contributed by atoms with van der Waals surface area (Å²) < 4.78 is 5.38. The predicted molar refractivity (Wildman–Crippen MR) is 90.5 cm³/mol. The van der Waals surface area contributed by atoms with Gasteiger partial charge < -0.3 is 14.5 Å². The number of rotatable bonds is 3. The highest BCUT2D eigenvalue weighted by Gasteiger charge is 2.28. The summed E-state index contributed by atoms with van der Waals surface area (Å²) in [6.45, 7) is 4.44. The molecule has 130 valence electrons. The van der Waals surface area contributed by atoms with E-state index in [4.69, 9.17) is 9.72 Å². The number of morpholine rings is 1. The van der Waals surface area contributed by atoms with Crippen LogP contribution in [0.3, 0.4) is 0 Å². The van der Waals surface area contributed by atoms with E-state index in [9.17, 15) is 4.79 Å². The third-order valence-electron chi connectivity index (χ3n) is 5.48. The zero-order chi connectivity index (χ0) is 16.4. The number of nitrogens with zero attached hydrogens (tertiary/aromatic N) is 4. The van der Waals surface area contributed by atoms with Gasteiger partial charge in [-0.3, -0.25) is 4.79 Å². The Morgan fingerprint density at radius 2 is 1.96 bits per heavy atom. The van der Waals surface area contributed by atoms with Crippen LogP contribution < -0.4 is 4.90 Å². The summed E-state index contributed by atoms with van der Waals surface area (Å²) in [5.74, 6) is 1.65. The molecule has 6 heteroatoms. The molecule has 0 unspecified atom stereocenters. The lowest BCUT2D eigenvalue weighted by Gasteiger charge is -2.26. The first-order chi connectivity index (χ1) is 11.8. The number of ether oxygens (including phenoxy) is 1. The Morgan fingerprint density at radius 3 is 2.75 bits per heavy atom. The van der Waals surface area contributed by atoms with Crippen LogP contribution in [0.2, 0.25) is 0 Å². The molecule has 24 heavy (non-hydrogen) atoms. The Kier molecular flexibility index (Phi) is 4.65. The largest absolute Gasteiger partial charge is 0.378 e. The highest BCUT2D eigenvalue weighted by atomic mass is 16.5. The van der Waals surface area contributed by atoms with Crippen molar-refractivity contribution in [2.24, 2.45) is 5.92 Å². The van der Waals surface area contributed by atoms with Gasteiger partial charge in [0, 0.05) is 37.8 Å². The van der Waals surface area contributed by atoms with Gasteiger partial charge in [-0.25, -0.2) is 9.97 Å². The monoisotopic (exact) mass is 330 g/mol. The van der Waals surface area contributed by atoms with Crippen LogP contribution in [-0.4, -0.2) is 47.1 Å². The predicted octanol–water partition coefficient (Wildman–Crippen LogP) is 2.13. The molecule has 1 aliphatic carbocycles. The van der Waals surface area contributed by atoms with Gasteiger partial charge in [0.15, 0.2) is 0 Å². The van der Waals surface area contributed by atoms with E-state index in [-0.39, 0.29) is 5.91 Å². The number of hydrogen-bond donors (Lipinski definition) is 0. The fourth-order valence-corrected chi connectivity index (χ4v) is 4.00. The Morgan fingerprint density at radius 1 is 1.17 bits per heavy atom. The van der Waals surface area contributed by atoms with Gasteiger partial charge in [0.1, 0.15) is 0 Å². The summed E-state index contributed by atoms with van der Waals surface area (Å²) in [4.78, 5) is 26.0. The molecule has 2 aliphatic heterocycles. The summed E-state index contributed by atoms with van der Waals surface area (Å²) in [5, 5.41) is 0. The SMILES string of the molecule is O=C(CC1CCCCC1)N1Cc2cnc(N3CCOCC3)nc2C1. The molecule has 1 saturated heterocycles. The maximum Gasteiger partial charge on any atom is 0.225 e. The third-order valence-corrected chi connectivity index (χ3v) is 5.48. The van der Waals surface area contributed by atoms with Crippen LogP contribution >= 0.6 is 0 Å². The first-order valence-corrected chi connectivity index (χ1v) is 9.25. The first kappa shape index (κ1) is 15.8. The Bertz CT molecular complexity index is 595. The van der Waals surface area contributed by atoms with E-state index in [0.29, 0.717) is 25.4 Å². The molecule has 1 aromatic heterocycles. The molecule has 6 nitrogen and oxygen atoms in total. The number of amides is 1. The van der Waals surface area contributed by atoms with Crippen molar-refractivity contribution in [1.82, 2.24) is 14.9 Å². The van der Waals surface area contributed by atoms with Crippen molar-refractivity contribution in [2.75, 3.05) is 31.2 Å². The molecular weight excluding hydrogens is 304 g/mol. The number of carbonyl (C=O) groups excluding carboxylic acids is 1. The Labute approximate surface area is 143 Å².